The van der Waals surface area contributed by atoms with Crippen LogP contribution in [0.1, 0.15) is 54.1 Å². The number of amides is 1. The molecule has 1 amide bonds. The van der Waals surface area contributed by atoms with Crippen molar-refractivity contribution in [2.75, 3.05) is 6.61 Å². The van der Waals surface area contributed by atoms with Crippen molar-refractivity contribution in [2.45, 2.75) is 38.8 Å². The van der Waals surface area contributed by atoms with Gasteiger partial charge in [-0.2, -0.15) is 18.3 Å². The van der Waals surface area contributed by atoms with Gasteiger partial charge in [0, 0.05) is 16.1 Å². The Hall–Kier alpha value is -2.54. The molecular formula is C21H22ClF3N2O2. The van der Waals surface area contributed by atoms with Crippen molar-refractivity contribution < 1.29 is 22.7 Å². The van der Waals surface area contributed by atoms with E-state index in [1.54, 1.807) is 18.2 Å². The largest absolute Gasteiger partial charge is 0.493 e. The van der Waals surface area contributed by atoms with E-state index in [-0.39, 0.29) is 5.56 Å². The smallest absolute Gasteiger partial charge is 0.416 e. The molecule has 0 aliphatic carbocycles. The average molecular weight is 427 g/mol. The average Bonchev–Trinajstić information content (AvgIpc) is 2.68. The van der Waals surface area contributed by atoms with Crippen molar-refractivity contribution in [1.82, 2.24) is 5.43 Å². The van der Waals surface area contributed by atoms with Gasteiger partial charge in [0.2, 0.25) is 0 Å². The van der Waals surface area contributed by atoms with Crippen LogP contribution in [-0.4, -0.2) is 18.7 Å². The Morgan fingerprint density at radius 3 is 2.69 bits per heavy atom. The first-order chi connectivity index (χ1) is 13.8. The summed E-state index contributed by atoms with van der Waals surface area (Å²) in [5.41, 5.74) is 1.73. The van der Waals surface area contributed by atoms with Gasteiger partial charge in [-0.15, -0.1) is 0 Å². The lowest BCUT2D eigenvalue weighted by atomic mass is 10.1. The van der Waals surface area contributed by atoms with Crippen LogP contribution in [-0.2, 0) is 6.18 Å². The normalized spacial score (nSPS) is 11.6. The number of hydrogen-bond donors (Lipinski definition) is 1. The van der Waals surface area contributed by atoms with Crippen molar-refractivity contribution in [2.24, 2.45) is 5.10 Å². The highest BCUT2D eigenvalue weighted by molar-refractivity contribution is 6.30. The summed E-state index contributed by atoms with van der Waals surface area (Å²) in [5, 5.41) is 4.29. The molecule has 0 atom stereocenters. The van der Waals surface area contributed by atoms with E-state index in [4.69, 9.17) is 16.3 Å². The second-order valence-corrected chi connectivity index (χ2v) is 6.81. The minimum Gasteiger partial charge on any atom is -0.493 e. The van der Waals surface area contributed by atoms with Crippen LogP contribution in [0, 0.1) is 0 Å². The number of carbonyl (C=O) groups excluding carboxylic acids is 1. The Morgan fingerprint density at radius 1 is 1.17 bits per heavy atom. The monoisotopic (exact) mass is 426 g/mol. The number of hydrogen-bond acceptors (Lipinski definition) is 3. The molecule has 0 unspecified atom stereocenters. The van der Waals surface area contributed by atoms with Gasteiger partial charge in [-0.05, 0) is 42.8 Å². The SMILES string of the molecule is CCCCCCOc1ccc(Cl)cc1/C=N/NC(=O)c1cccc(C(F)(F)F)c1. The van der Waals surface area contributed by atoms with Gasteiger partial charge >= 0.3 is 6.18 Å². The maximum absolute atomic E-state index is 12.8. The highest BCUT2D eigenvalue weighted by Gasteiger charge is 2.30. The van der Waals surface area contributed by atoms with Gasteiger partial charge in [-0.3, -0.25) is 4.79 Å². The number of nitrogens with zero attached hydrogens (tertiary/aromatic N) is 1. The van der Waals surface area contributed by atoms with Gasteiger partial charge < -0.3 is 4.74 Å². The molecular weight excluding hydrogens is 405 g/mol. The van der Waals surface area contributed by atoms with Crippen LogP contribution in [0.5, 0.6) is 5.75 Å². The van der Waals surface area contributed by atoms with Crippen molar-refractivity contribution >= 4 is 23.7 Å². The quantitative estimate of drug-likeness (QED) is 0.300. The molecule has 4 nitrogen and oxygen atoms in total. The van der Waals surface area contributed by atoms with Crippen LogP contribution >= 0.6 is 11.6 Å². The molecule has 0 aromatic heterocycles. The minimum atomic E-state index is -4.52. The number of ether oxygens (including phenoxy) is 1. The van der Waals surface area contributed by atoms with Gasteiger partial charge in [0.15, 0.2) is 0 Å². The van der Waals surface area contributed by atoms with Crippen molar-refractivity contribution in [3.8, 4) is 5.75 Å². The fourth-order valence-corrected chi connectivity index (χ4v) is 2.70. The molecule has 0 bridgehead atoms. The number of rotatable bonds is 9. The highest BCUT2D eigenvalue weighted by atomic mass is 35.5. The highest BCUT2D eigenvalue weighted by Crippen LogP contribution is 2.29. The molecule has 0 saturated carbocycles. The maximum Gasteiger partial charge on any atom is 0.416 e. The lowest BCUT2D eigenvalue weighted by molar-refractivity contribution is -0.137. The van der Waals surface area contributed by atoms with Crippen molar-refractivity contribution in [3.63, 3.8) is 0 Å². The van der Waals surface area contributed by atoms with Gasteiger partial charge in [0.25, 0.3) is 5.91 Å². The molecule has 0 heterocycles. The van der Waals surface area contributed by atoms with Gasteiger partial charge in [-0.1, -0.05) is 43.9 Å². The lowest BCUT2D eigenvalue weighted by Crippen LogP contribution is -2.18. The number of unbranched alkanes of at least 4 members (excludes halogenated alkanes) is 3. The van der Waals surface area contributed by atoms with E-state index in [1.807, 2.05) is 0 Å². The first kappa shape index (κ1) is 22.7. The summed E-state index contributed by atoms with van der Waals surface area (Å²) in [6.45, 7) is 2.67. The Morgan fingerprint density at radius 2 is 1.97 bits per heavy atom. The Kier molecular flexibility index (Phi) is 8.51. The molecule has 0 aliphatic heterocycles. The maximum atomic E-state index is 12.8. The zero-order valence-electron chi connectivity index (χ0n) is 15.9. The topological polar surface area (TPSA) is 50.7 Å². The Bertz CT molecular complexity index is 854. The number of alkyl halides is 3. The minimum absolute atomic E-state index is 0.143. The number of benzene rings is 2. The summed E-state index contributed by atoms with van der Waals surface area (Å²) in [7, 11) is 0. The first-order valence-corrected chi connectivity index (χ1v) is 9.62. The van der Waals surface area contributed by atoms with Crippen LogP contribution in [0.3, 0.4) is 0 Å². The Balaban J connectivity index is 2.02. The second kappa shape index (κ2) is 10.9. The summed E-state index contributed by atoms with van der Waals surface area (Å²) >= 11 is 6.01. The first-order valence-electron chi connectivity index (χ1n) is 9.24. The summed E-state index contributed by atoms with van der Waals surface area (Å²) in [6, 6.07) is 9.14. The molecule has 0 aliphatic rings. The van der Waals surface area contributed by atoms with Gasteiger partial charge in [-0.25, -0.2) is 5.43 Å². The van der Waals surface area contributed by atoms with E-state index in [2.05, 4.69) is 17.5 Å². The zero-order valence-corrected chi connectivity index (χ0v) is 16.7. The number of halogens is 4. The van der Waals surface area contributed by atoms with Crippen LogP contribution in [0.4, 0.5) is 13.2 Å². The molecule has 2 rings (SSSR count). The zero-order chi connectivity index (χ0) is 21.3. The van der Waals surface area contributed by atoms with E-state index in [9.17, 15) is 18.0 Å². The van der Waals surface area contributed by atoms with E-state index in [0.717, 1.165) is 37.8 Å². The van der Waals surface area contributed by atoms with E-state index in [1.165, 1.54) is 18.3 Å². The predicted octanol–water partition coefficient (Wildman–Crippen LogP) is 6.08. The van der Waals surface area contributed by atoms with Crippen LogP contribution in [0.2, 0.25) is 5.02 Å². The fraction of sp³-hybridized carbons (Fsp3) is 0.333. The summed E-state index contributed by atoms with van der Waals surface area (Å²) in [6.07, 6.45) is 1.08. The van der Waals surface area contributed by atoms with E-state index in [0.29, 0.717) is 22.9 Å². The molecule has 0 radical (unpaired) electrons. The third-order valence-corrected chi connectivity index (χ3v) is 4.28. The van der Waals surface area contributed by atoms with E-state index < -0.39 is 17.6 Å². The summed E-state index contributed by atoms with van der Waals surface area (Å²) < 4.78 is 44.1. The molecule has 8 heteroatoms. The van der Waals surface area contributed by atoms with E-state index >= 15 is 0 Å². The van der Waals surface area contributed by atoms with Crippen LogP contribution < -0.4 is 10.2 Å². The third kappa shape index (κ3) is 7.42. The van der Waals surface area contributed by atoms with Gasteiger partial charge in [0.1, 0.15) is 5.75 Å². The second-order valence-electron chi connectivity index (χ2n) is 6.37. The molecule has 2 aromatic rings. The number of nitrogens with one attached hydrogen (secondary N) is 1. The molecule has 1 N–H and O–H groups in total. The molecule has 29 heavy (non-hydrogen) atoms. The number of hydrazone groups is 1. The number of carbonyl (C=O) groups is 1. The van der Waals surface area contributed by atoms with Gasteiger partial charge in [0.05, 0.1) is 18.4 Å². The standard InChI is InChI=1S/C21H22ClF3N2O2/c1-2-3-4-5-11-29-19-10-9-18(22)13-16(19)14-26-27-20(28)15-7-6-8-17(12-15)21(23,24)25/h6-10,12-14H,2-5,11H2,1H3,(H,27,28)/b26-14+. The predicted molar refractivity (Wildman–Crippen MR) is 108 cm³/mol. The molecule has 0 spiro atoms. The van der Waals surface area contributed by atoms with Crippen molar-refractivity contribution in [1.29, 1.82) is 0 Å². The molecule has 0 fully saturated rings. The van der Waals surface area contributed by atoms with Crippen molar-refractivity contribution in [3.05, 3.63) is 64.2 Å². The summed E-state index contributed by atoms with van der Waals surface area (Å²) in [4.78, 5) is 12.1. The van der Waals surface area contributed by atoms with Crippen LogP contribution in [0.15, 0.2) is 47.6 Å². The molecule has 156 valence electrons. The lowest BCUT2D eigenvalue weighted by Gasteiger charge is -2.09. The Labute approximate surface area is 172 Å². The molecule has 2 aromatic carbocycles. The fourth-order valence-electron chi connectivity index (χ4n) is 2.52. The van der Waals surface area contributed by atoms with Crippen LogP contribution in [0.25, 0.3) is 0 Å². The molecule has 0 saturated heterocycles. The third-order valence-electron chi connectivity index (χ3n) is 4.05. The summed E-state index contributed by atoms with van der Waals surface area (Å²) in [5.74, 6) is -0.195.